The summed E-state index contributed by atoms with van der Waals surface area (Å²) in [6.07, 6.45) is 12.9. The van der Waals surface area contributed by atoms with Crippen LogP contribution in [-0.2, 0) is 46.3 Å². The normalized spacial score (nSPS) is 30.2. The zero-order valence-corrected chi connectivity index (χ0v) is 48.5. The molecule has 5 saturated heterocycles. The molecule has 3 saturated carbocycles. The summed E-state index contributed by atoms with van der Waals surface area (Å²) in [5.41, 5.74) is 11.3. The van der Waals surface area contributed by atoms with Crippen molar-refractivity contribution in [2.45, 2.75) is 160 Å². The van der Waals surface area contributed by atoms with Crippen molar-refractivity contribution in [2.75, 3.05) is 71.1 Å². The molecule has 6 aliphatic heterocycles. The molecule has 1 aromatic carbocycles. The summed E-state index contributed by atoms with van der Waals surface area (Å²) < 4.78 is 33.4. The largest absolute Gasteiger partial charge is 0.464 e. The number of piperazine rings is 1. The second-order valence-electron chi connectivity index (χ2n) is 25.8. The molecular formula is C61H80N10O8S. The van der Waals surface area contributed by atoms with Gasteiger partial charge in [-0.05, 0) is 121 Å². The van der Waals surface area contributed by atoms with E-state index in [9.17, 15) is 9.59 Å². The number of fused-ring (bicyclic) bond motifs is 4. The number of hydrogen-bond acceptors (Lipinski definition) is 16. The summed E-state index contributed by atoms with van der Waals surface area (Å²) in [5.74, 6) is -1.32. The molecule has 14 rings (SSSR count). The van der Waals surface area contributed by atoms with Crippen molar-refractivity contribution in [2.24, 2.45) is 23.2 Å². The molecule has 2 amide bonds. The number of oxazole rings is 1. The lowest BCUT2D eigenvalue weighted by molar-refractivity contribution is -0.172. The number of anilines is 1. The number of ether oxygens (including phenoxy) is 4. The Morgan fingerprint density at radius 3 is 2.52 bits per heavy atom. The Hall–Kier alpha value is -5.28. The molecule has 80 heavy (non-hydrogen) atoms. The SMILES string of the molecule is CO[C@@H](C)c1ncc(N2CCN(C3CC3)CC2)cc1-c1c2c3cc(ccc3n1CCO[C@H]1CCOC(C)(C)C1)-c1csc(n1)[C@@H](N1CCCC1)[C@H](NC(=O)[C@@H]1[C@@H](C)[C@H]1c1cocn1)C(=O)N1N[C@H](C(=O)OCC(C)(C)C2)C2CC1C2. The summed E-state index contributed by atoms with van der Waals surface area (Å²) in [6, 6.07) is 7.33. The van der Waals surface area contributed by atoms with Gasteiger partial charge in [0.05, 0.1) is 71.7 Å². The Morgan fingerprint density at radius 1 is 0.988 bits per heavy atom. The first kappa shape index (κ1) is 54.0. The topological polar surface area (TPSA) is 182 Å². The summed E-state index contributed by atoms with van der Waals surface area (Å²) in [7, 11) is 1.75. The Balaban J connectivity index is 0.946. The number of pyridine rings is 1. The van der Waals surface area contributed by atoms with Crippen LogP contribution in [0.25, 0.3) is 33.4 Å². The zero-order chi connectivity index (χ0) is 55.2. The highest BCUT2D eigenvalue weighted by Gasteiger charge is 2.57. The van der Waals surface area contributed by atoms with Crippen molar-refractivity contribution in [1.82, 2.24) is 45.1 Å². The second kappa shape index (κ2) is 21.5. The molecule has 8 atom stereocenters. The molecule has 5 aromatic rings. The van der Waals surface area contributed by atoms with E-state index in [2.05, 4.69) is 99.3 Å². The Kier molecular flexibility index (Phi) is 14.5. The van der Waals surface area contributed by atoms with Crippen molar-refractivity contribution in [3.8, 4) is 22.5 Å². The molecule has 19 heteroatoms. The number of thiazole rings is 1. The standard InChI is InChI=1S/C61H80N10O8S/c1-35-49(46-31-76-34-63-46)50(35)56(72)65-53-55(69-15-8-9-16-69)57-64-47(32-80-57)37-10-13-48-43(26-37)45(29-60(3,4)33-78-59(74)52-38-24-40(25-38)71(66-52)58(53)73)54(70(48)21-23-77-42-14-22-79-61(5,6)28-42)44-27-41(30-62-51(44)36(2)75-7)68-19-17-67(18-20-68)39-11-12-39/h10,13,26-27,30-32,34-36,38-40,42,49-50,52-53,55,66H,8-9,11-12,14-25,28-29,33H2,1-7H3,(H,65,72)/t35-,36-,38?,40?,42-,49-,50+,52-,53-,55-/m0/s1. The molecule has 8 fully saturated rings. The average molecular weight is 1110 g/mol. The Labute approximate surface area is 473 Å². The maximum atomic E-state index is 15.6. The first-order valence-corrected chi connectivity index (χ1v) is 30.6. The van der Waals surface area contributed by atoms with Gasteiger partial charge in [0.2, 0.25) is 5.91 Å². The molecule has 0 radical (unpaired) electrons. The zero-order valence-electron chi connectivity index (χ0n) is 47.7. The first-order valence-electron chi connectivity index (χ1n) is 29.7. The van der Waals surface area contributed by atoms with E-state index in [1.807, 2.05) is 13.1 Å². The van der Waals surface area contributed by atoms with Crippen LogP contribution in [-0.4, -0.2) is 154 Å². The molecule has 4 aromatic heterocycles. The number of amides is 2. The van der Waals surface area contributed by atoms with Crippen LogP contribution in [0.4, 0.5) is 5.69 Å². The van der Waals surface area contributed by atoms with Crippen LogP contribution < -0.4 is 15.6 Å². The number of hydrogen-bond donors (Lipinski definition) is 2. The minimum atomic E-state index is -1.00. The van der Waals surface area contributed by atoms with Gasteiger partial charge in [-0.3, -0.25) is 34.2 Å². The number of carbonyl (C=O) groups is 3. The predicted molar refractivity (Wildman–Crippen MR) is 304 cm³/mol. The van der Waals surface area contributed by atoms with Crippen molar-refractivity contribution in [3.05, 3.63) is 70.5 Å². The third-order valence-electron chi connectivity index (χ3n) is 19.1. The van der Waals surface area contributed by atoms with Gasteiger partial charge in [-0.25, -0.2) is 15.4 Å². The Bertz CT molecular complexity index is 3100. The third-order valence-corrected chi connectivity index (χ3v) is 20.0. The van der Waals surface area contributed by atoms with E-state index in [1.54, 1.807) is 18.4 Å². The van der Waals surface area contributed by atoms with E-state index in [-0.39, 0.29) is 71.9 Å². The third kappa shape index (κ3) is 10.4. The molecular weight excluding hydrogens is 1030 g/mol. The summed E-state index contributed by atoms with van der Waals surface area (Å²) in [6.45, 7) is 20.0. The van der Waals surface area contributed by atoms with Crippen molar-refractivity contribution < 1.29 is 37.7 Å². The molecule has 0 spiro atoms. The van der Waals surface area contributed by atoms with Gasteiger partial charge in [0, 0.05) is 110 Å². The fourth-order valence-corrected chi connectivity index (χ4v) is 15.3. The van der Waals surface area contributed by atoms with Crippen LogP contribution in [0.2, 0.25) is 0 Å². The van der Waals surface area contributed by atoms with Crippen molar-refractivity contribution in [1.29, 1.82) is 0 Å². The minimum Gasteiger partial charge on any atom is -0.464 e. The minimum absolute atomic E-state index is 0.0137. The van der Waals surface area contributed by atoms with E-state index >= 15 is 4.79 Å². The first-order chi connectivity index (χ1) is 38.6. The van der Waals surface area contributed by atoms with Gasteiger partial charge in [0.25, 0.3) is 5.91 Å². The average Bonchev–Trinajstić information content (AvgIpc) is 3.85. The summed E-state index contributed by atoms with van der Waals surface area (Å²) in [4.78, 5) is 67.6. The van der Waals surface area contributed by atoms with Crippen molar-refractivity contribution >= 4 is 45.7 Å². The van der Waals surface area contributed by atoms with Gasteiger partial charge >= 0.3 is 5.97 Å². The molecule has 9 aliphatic rings. The second-order valence-corrected chi connectivity index (χ2v) is 26.7. The van der Waals surface area contributed by atoms with E-state index in [0.717, 1.165) is 132 Å². The smallest absolute Gasteiger partial charge is 0.325 e. The van der Waals surface area contributed by atoms with Gasteiger partial charge < -0.3 is 38.1 Å². The molecule has 0 unspecified atom stereocenters. The van der Waals surface area contributed by atoms with E-state index in [0.29, 0.717) is 39.0 Å². The monoisotopic (exact) mass is 1110 g/mol. The number of likely N-dealkylation sites (tertiary alicyclic amines) is 1. The number of nitrogens with zero attached hydrogens (tertiary/aromatic N) is 8. The Morgan fingerprint density at radius 2 is 1.79 bits per heavy atom. The maximum absolute atomic E-state index is 15.6. The number of methoxy groups -OCH3 is 1. The van der Waals surface area contributed by atoms with E-state index in [4.69, 9.17) is 33.3 Å². The molecule has 8 bridgehead atoms. The summed E-state index contributed by atoms with van der Waals surface area (Å²) >= 11 is 1.53. The summed E-state index contributed by atoms with van der Waals surface area (Å²) in [5, 5.41) is 8.93. The lowest BCUT2D eigenvalue weighted by atomic mass is 9.73. The number of aromatic nitrogens is 4. The highest BCUT2D eigenvalue weighted by atomic mass is 32.1. The number of benzene rings is 1. The molecule has 3 aliphatic carbocycles. The quantitative estimate of drug-likeness (QED) is 0.108. The number of cyclic esters (lactones) is 1. The van der Waals surface area contributed by atoms with Crippen LogP contribution >= 0.6 is 11.3 Å². The van der Waals surface area contributed by atoms with Gasteiger partial charge in [-0.1, -0.05) is 26.8 Å². The molecule has 2 N–H and O–H groups in total. The van der Waals surface area contributed by atoms with Crippen LogP contribution in [0.1, 0.15) is 133 Å². The fraction of sp³-hybridized carbons (Fsp3) is 0.639. The van der Waals surface area contributed by atoms with Crippen LogP contribution in [0.15, 0.2) is 52.9 Å². The lowest BCUT2D eigenvalue weighted by Crippen LogP contribution is -2.72. The fourth-order valence-electron chi connectivity index (χ4n) is 14.3. The maximum Gasteiger partial charge on any atom is 0.325 e. The van der Waals surface area contributed by atoms with Gasteiger partial charge in [0.1, 0.15) is 23.4 Å². The highest BCUT2D eigenvalue weighted by molar-refractivity contribution is 7.10. The molecule has 18 nitrogen and oxygen atoms in total. The van der Waals surface area contributed by atoms with Gasteiger partial charge in [-0.15, -0.1) is 11.3 Å². The predicted octanol–water partition coefficient (Wildman–Crippen LogP) is 8.07. The van der Waals surface area contributed by atoms with Gasteiger partial charge in [-0.2, -0.15) is 0 Å². The number of esters is 1. The van der Waals surface area contributed by atoms with E-state index < -0.39 is 23.5 Å². The number of rotatable bonds is 13. The number of carbonyl (C=O) groups excluding carboxylic acids is 3. The van der Waals surface area contributed by atoms with Gasteiger partial charge in [0.15, 0.2) is 6.39 Å². The van der Waals surface area contributed by atoms with Crippen molar-refractivity contribution in [3.63, 3.8) is 0 Å². The van der Waals surface area contributed by atoms with Crippen LogP contribution in [0.5, 0.6) is 0 Å². The molecule has 428 valence electrons. The number of nitrogens with one attached hydrogen (secondary N) is 2. The van der Waals surface area contributed by atoms with Crippen LogP contribution in [0, 0.1) is 23.2 Å². The lowest BCUT2D eigenvalue weighted by Gasteiger charge is -2.53. The number of hydrazine groups is 1. The molecule has 10 heterocycles. The highest BCUT2D eigenvalue weighted by Crippen LogP contribution is 2.54. The van der Waals surface area contributed by atoms with Crippen LogP contribution in [0.3, 0.4) is 0 Å². The van der Waals surface area contributed by atoms with E-state index in [1.165, 1.54) is 30.6 Å².